The molecule has 0 saturated heterocycles. The third kappa shape index (κ3) is 2.06. The molecular formula is C11H8F2O4. The molecule has 0 unspecified atom stereocenters. The zero-order valence-corrected chi connectivity index (χ0v) is 8.74. The Balaban J connectivity index is 2.68. The number of fused-ring (bicyclic) bond motifs is 1. The summed E-state index contributed by atoms with van der Waals surface area (Å²) in [6.07, 6.45) is 0. The van der Waals surface area contributed by atoms with Crippen LogP contribution in [0.2, 0.25) is 0 Å². The molecule has 4 nitrogen and oxygen atoms in total. The maximum absolute atomic E-state index is 12.2. The predicted octanol–water partition coefficient (Wildman–Crippen LogP) is 3.04. The number of carbonyl (C=O) groups is 1. The number of ether oxygens (including phenoxy) is 1. The summed E-state index contributed by atoms with van der Waals surface area (Å²) in [5, 5.41) is 9.05. The van der Waals surface area contributed by atoms with Crippen LogP contribution >= 0.6 is 0 Å². The van der Waals surface area contributed by atoms with E-state index in [1.165, 1.54) is 12.1 Å². The van der Waals surface area contributed by atoms with Crippen LogP contribution in [0, 0.1) is 6.92 Å². The molecule has 2 rings (SSSR count). The van der Waals surface area contributed by atoms with Crippen LogP contribution in [0.25, 0.3) is 11.0 Å². The lowest BCUT2D eigenvalue weighted by atomic mass is 10.1. The lowest BCUT2D eigenvalue weighted by Gasteiger charge is -2.02. The number of benzene rings is 1. The Morgan fingerprint density at radius 3 is 2.76 bits per heavy atom. The number of hydrogen-bond donors (Lipinski definition) is 1. The summed E-state index contributed by atoms with van der Waals surface area (Å²) in [4.78, 5) is 10.8. The molecule has 0 saturated carbocycles. The molecule has 0 bridgehead atoms. The summed E-state index contributed by atoms with van der Waals surface area (Å²) in [6.45, 7) is -1.35. The highest BCUT2D eigenvalue weighted by Crippen LogP contribution is 2.34. The summed E-state index contributed by atoms with van der Waals surface area (Å²) in [5.41, 5.74) is 0.984. The van der Waals surface area contributed by atoms with Gasteiger partial charge in [0.15, 0.2) is 5.75 Å². The molecule has 0 aliphatic rings. The van der Waals surface area contributed by atoms with Crippen LogP contribution in [0.4, 0.5) is 8.78 Å². The van der Waals surface area contributed by atoms with Gasteiger partial charge >= 0.3 is 12.6 Å². The molecule has 6 heteroatoms. The number of carboxylic acid groups (broad SMARTS) is 1. The second-order valence-electron chi connectivity index (χ2n) is 3.44. The van der Waals surface area contributed by atoms with E-state index in [0.717, 1.165) is 5.56 Å². The number of halogens is 2. The van der Waals surface area contributed by atoms with E-state index in [1.807, 2.05) is 0 Å². The van der Waals surface area contributed by atoms with E-state index in [1.54, 1.807) is 13.0 Å². The van der Waals surface area contributed by atoms with Crippen molar-refractivity contribution >= 4 is 16.9 Å². The van der Waals surface area contributed by atoms with Crippen molar-refractivity contribution in [1.82, 2.24) is 0 Å². The van der Waals surface area contributed by atoms with E-state index in [9.17, 15) is 13.6 Å². The summed E-state index contributed by atoms with van der Waals surface area (Å²) in [7, 11) is 0. The normalized spacial score (nSPS) is 11.1. The summed E-state index contributed by atoms with van der Waals surface area (Å²) < 4.78 is 33.6. The van der Waals surface area contributed by atoms with Crippen LogP contribution in [0.1, 0.15) is 16.1 Å². The van der Waals surface area contributed by atoms with E-state index in [0.29, 0.717) is 0 Å². The van der Waals surface area contributed by atoms with Gasteiger partial charge in [-0.1, -0.05) is 11.6 Å². The highest BCUT2D eigenvalue weighted by atomic mass is 19.3. The van der Waals surface area contributed by atoms with Crippen molar-refractivity contribution in [2.24, 2.45) is 0 Å². The highest BCUT2D eigenvalue weighted by Gasteiger charge is 2.24. The second kappa shape index (κ2) is 4.04. The van der Waals surface area contributed by atoms with Gasteiger partial charge in [-0.15, -0.1) is 0 Å². The molecule has 0 spiro atoms. The first-order valence-corrected chi connectivity index (χ1v) is 4.70. The minimum absolute atomic E-state index is 0.198. The van der Waals surface area contributed by atoms with Crippen LogP contribution in [0.3, 0.4) is 0 Å². The Labute approximate surface area is 94.4 Å². The van der Waals surface area contributed by atoms with Gasteiger partial charge in [-0.25, -0.2) is 4.79 Å². The number of furan rings is 1. The zero-order chi connectivity index (χ0) is 12.6. The van der Waals surface area contributed by atoms with Crippen molar-refractivity contribution < 1.29 is 27.8 Å². The van der Waals surface area contributed by atoms with Crippen molar-refractivity contribution in [2.75, 3.05) is 0 Å². The molecule has 2 aromatic rings. The highest BCUT2D eigenvalue weighted by molar-refractivity contribution is 5.98. The minimum Gasteiger partial charge on any atom is -0.475 e. The minimum atomic E-state index is -3.10. The van der Waals surface area contributed by atoms with Crippen LogP contribution in [-0.2, 0) is 0 Å². The van der Waals surface area contributed by atoms with Gasteiger partial charge in [-0.05, 0) is 19.1 Å². The van der Waals surface area contributed by atoms with Crippen LogP contribution in [-0.4, -0.2) is 17.7 Å². The van der Waals surface area contributed by atoms with E-state index in [2.05, 4.69) is 4.74 Å². The molecule has 0 aliphatic heterocycles. The Bertz CT molecular complexity index is 574. The average molecular weight is 242 g/mol. The molecule has 0 amide bonds. The monoisotopic (exact) mass is 242 g/mol. The fourth-order valence-corrected chi connectivity index (χ4v) is 1.54. The fourth-order valence-electron chi connectivity index (χ4n) is 1.54. The average Bonchev–Trinajstić information content (AvgIpc) is 2.56. The summed E-state index contributed by atoms with van der Waals surface area (Å²) in [5.74, 6) is -2.51. The van der Waals surface area contributed by atoms with Crippen LogP contribution in [0.15, 0.2) is 22.6 Å². The smallest absolute Gasteiger partial charge is 0.387 e. The quantitative estimate of drug-likeness (QED) is 0.898. The second-order valence-corrected chi connectivity index (χ2v) is 3.44. The van der Waals surface area contributed by atoms with Crippen molar-refractivity contribution in [3.8, 4) is 5.75 Å². The maximum atomic E-state index is 12.2. The molecule has 0 fully saturated rings. The number of aryl methyl sites for hydroxylation is 1. The molecule has 1 aromatic carbocycles. The Hall–Kier alpha value is -2.11. The van der Waals surface area contributed by atoms with Crippen molar-refractivity contribution in [3.63, 3.8) is 0 Å². The Morgan fingerprint density at radius 1 is 1.47 bits per heavy atom. The molecule has 0 atom stereocenters. The van der Waals surface area contributed by atoms with E-state index < -0.39 is 24.1 Å². The van der Waals surface area contributed by atoms with Gasteiger partial charge in [0.25, 0.3) is 5.76 Å². The van der Waals surface area contributed by atoms with Crippen LogP contribution in [0.5, 0.6) is 5.75 Å². The molecule has 0 radical (unpaired) electrons. The SMILES string of the molecule is Cc1ccc2oc(C(=O)O)c(OC(F)F)c2c1. The number of carboxylic acids is 1. The van der Waals surface area contributed by atoms with E-state index in [4.69, 9.17) is 9.52 Å². The number of hydrogen-bond acceptors (Lipinski definition) is 3. The van der Waals surface area contributed by atoms with E-state index >= 15 is 0 Å². The molecule has 90 valence electrons. The van der Waals surface area contributed by atoms with Crippen LogP contribution < -0.4 is 4.74 Å². The number of rotatable bonds is 3. The third-order valence-electron chi connectivity index (χ3n) is 2.20. The molecular weight excluding hydrogens is 234 g/mol. The first-order valence-electron chi connectivity index (χ1n) is 4.70. The molecule has 1 N–H and O–H groups in total. The maximum Gasteiger partial charge on any atom is 0.387 e. The van der Waals surface area contributed by atoms with Crippen molar-refractivity contribution in [2.45, 2.75) is 13.5 Å². The van der Waals surface area contributed by atoms with Crippen molar-refractivity contribution in [3.05, 3.63) is 29.5 Å². The van der Waals surface area contributed by atoms with Gasteiger partial charge in [0.05, 0.1) is 5.39 Å². The first-order chi connectivity index (χ1) is 7.99. The Kier molecular flexibility index (Phi) is 2.71. The molecule has 1 heterocycles. The summed E-state index contributed by atoms with van der Waals surface area (Å²) >= 11 is 0. The van der Waals surface area contributed by atoms with Gasteiger partial charge < -0.3 is 14.3 Å². The topological polar surface area (TPSA) is 59.7 Å². The lowest BCUT2D eigenvalue weighted by Crippen LogP contribution is -2.05. The van der Waals surface area contributed by atoms with Gasteiger partial charge in [-0.2, -0.15) is 8.78 Å². The van der Waals surface area contributed by atoms with Gasteiger partial charge in [0, 0.05) is 0 Å². The predicted molar refractivity (Wildman–Crippen MR) is 54.5 cm³/mol. The number of aromatic carboxylic acids is 1. The third-order valence-corrected chi connectivity index (χ3v) is 2.20. The molecule has 0 aliphatic carbocycles. The first kappa shape index (κ1) is 11.4. The number of alkyl halides is 2. The summed E-state index contributed by atoms with van der Waals surface area (Å²) in [6, 6.07) is 4.72. The van der Waals surface area contributed by atoms with Crippen molar-refractivity contribution in [1.29, 1.82) is 0 Å². The fraction of sp³-hybridized carbons (Fsp3) is 0.182. The van der Waals surface area contributed by atoms with Gasteiger partial charge in [0.1, 0.15) is 5.58 Å². The standard InChI is InChI=1S/C11H8F2O4/c1-5-2-3-7-6(4-5)8(17-11(12)13)9(16-7)10(14)15/h2-4,11H,1H3,(H,14,15). The molecule has 17 heavy (non-hydrogen) atoms. The zero-order valence-electron chi connectivity index (χ0n) is 8.74. The van der Waals surface area contributed by atoms with Gasteiger partial charge in [-0.3, -0.25) is 0 Å². The lowest BCUT2D eigenvalue weighted by molar-refractivity contribution is -0.0499. The Morgan fingerprint density at radius 2 is 2.18 bits per heavy atom. The van der Waals surface area contributed by atoms with E-state index in [-0.39, 0.29) is 11.0 Å². The van der Waals surface area contributed by atoms with Gasteiger partial charge in [0.2, 0.25) is 0 Å². The molecule has 1 aromatic heterocycles. The largest absolute Gasteiger partial charge is 0.475 e.